The first-order chi connectivity index (χ1) is 8.86. The van der Waals surface area contributed by atoms with E-state index in [0.717, 1.165) is 12.5 Å². The number of carboxylic acids is 1. The van der Waals surface area contributed by atoms with Gasteiger partial charge in [0, 0.05) is 11.5 Å². The van der Waals surface area contributed by atoms with Gasteiger partial charge in [0.25, 0.3) is 0 Å². The third-order valence-electron chi connectivity index (χ3n) is 2.06. The molecule has 1 aromatic rings. The summed E-state index contributed by atoms with van der Waals surface area (Å²) in [6.45, 7) is 3.10. The monoisotopic (exact) mass is 271 g/mol. The first-order valence-corrected chi connectivity index (χ1v) is 5.78. The van der Waals surface area contributed by atoms with Gasteiger partial charge < -0.3 is 20.4 Å². The summed E-state index contributed by atoms with van der Waals surface area (Å²) in [5.74, 6) is -1.65. The normalized spacial score (nSPS) is 10.9. The van der Waals surface area contributed by atoms with Gasteiger partial charge in [-0.1, -0.05) is 12.1 Å². The molecular formula is C13H18FNO4. The third-order valence-corrected chi connectivity index (χ3v) is 2.06. The van der Waals surface area contributed by atoms with Gasteiger partial charge in [0.15, 0.2) is 0 Å². The van der Waals surface area contributed by atoms with Crippen LogP contribution >= 0.6 is 0 Å². The topological polar surface area (TPSA) is 94.1 Å². The first-order valence-electron chi connectivity index (χ1n) is 5.78. The number of hydrogen-bond acceptors (Lipinski definition) is 4. The van der Waals surface area contributed by atoms with E-state index < -0.39 is 5.97 Å². The number of carbonyl (C=O) groups is 2. The molecule has 0 unspecified atom stereocenters. The fourth-order valence-corrected chi connectivity index (χ4v) is 1.27. The summed E-state index contributed by atoms with van der Waals surface area (Å²) >= 11 is 0. The Labute approximate surface area is 111 Å². The number of quaternary nitrogens is 1. The van der Waals surface area contributed by atoms with Gasteiger partial charge in [-0.2, -0.15) is 0 Å². The Bertz CT molecular complexity index is 402. The maximum atomic E-state index is 12.6. The SMILES string of the molecule is CC(=O)[O-].CCOC(=O)C[C@H]([NH3+])c1ccc(F)cc1. The Morgan fingerprint density at radius 3 is 2.26 bits per heavy atom. The Kier molecular flexibility index (Phi) is 8.12. The van der Waals surface area contributed by atoms with Crippen LogP contribution in [-0.2, 0) is 14.3 Å². The fourth-order valence-electron chi connectivity index (χ4n) is 1.27. The molecule has 0 amide bonds. The predicted octanol–water partition coefficient (Wildman–Crippen LogP) is -0.182. The Hall–Kier alpha value is -1.95. The summed E-state index contributed by atoms with van der Waals surface area (Å²) in [6.07, 6.45) is 0.222. The second kappa shape index (κ2) is 9.04. The minimum Gasteiger partial charge on any atom is -0.550 e. The van der Waals surface area contributed by atoms with Crippen LogP contribution < -0.4 is 10.8 Å². The number of ether oxygens (including phenoxy) is 1. The smallest absolute Gasteiger partial charge is 0.312 e. The molecule has 106 valence electrons. The molecule has 0 fully saturated rings. The van der Waals surface area contributed by atoms with Gasteiger partial charge in [0.05, 0.1) is 6.61 Å². The molecule has 5 nitrogen and oxygen atoms in total. The Morgan fingerprint density at radius 1 is 1.37 bits per heavy atom. The molecule has 0 spiro atoms. The van der Waals surface area contributed by atoms with Crippen molar-refractivity contribution in [1.29, 1.82) is 0 Å². The Morgan fingerprint density at radius 2 is 1.84 bits per heavy atom. The number of benzene rings is 1. The molecule has 0 heterocycles. The van der Waals surface area contributed by atoms with Gasteiger partial charge in [-0.05, 0) is 26.0 Å². The predicted molar refractivity (Wildman–Crippen MR) is 64.0 cm³/mol. The summed E-state index contributed by atoms with van der Waals surface area (Å²) in [5.41, 5.74) is 4.67. The summed E-state index contributed by atoms with van der Waals surface area (Å²) in [5, 5.41) is 8.89. The van der Waals surface area contributed by atoms with Crippen LogP contribution in [0.5, 0.6) is 0 Å². The van der Waals surface area contributed by atoms with Crippen LogP contribution in [0.15, 0.2) is 24.3 Å². The van der Waals surface area contributed by atoms with Crippen LogP contribution in [-0.4, -0.2) is 18.5 Å². The highest BCUT2D eigenvalue weighted by Crippen LogP contribution is 2.13. The highest BCUT2D eigenvalue weighted by molar-refractivity contribution is 5.70. The zero-order valence-electron chi connectivity index (χ0n) is 11.0. The second-order valence-corrected chi connectivity index (χ2v) is 3.75. The number of hydrogen-bond donors (Lipinski definition) is 1. The van der Waals surface area contributed by atoms with Crippen molar-refractivity contribution in [2.24, 2.45) is 0 Å². The lowest BCUT2D eigenvalue weighted by Gasteiger charge is -2.07. The van der Waals surface area contributed by atoms with Gasteiger partial charge >= 0.3 is 5.97 Å². The number of carbonyl (C=O) groups excluding carboxylic acids is 2. The van der Waals surface area contributed by atoms with Crippen LogP contribution in [0.3, 0.4) is 0 Å². The van der Waals surface area contributed by atoms with E-state index in [9.17, 15) is 9.18 Å². The highest BCUT2D eigenvalue weighted by Gasteiger charge is 2.15. The van der Waals surface area contributed by atoms with Crippen molar-refractivity contribution in [3.05, 3.63) is 35.6 Å². The first kappa shape index (κ1) is 17.1. The lowest BCUT2D eigenvalue weighted by Crippen LogP contribution is -2.54. The number of halogens is 1. The largest absolute Gasteiger partial charge is 0.550 e. The second-order valence-electron chi connectivity index (χ2n) is 3.75. The van der Waals surface area contributed by atoms with E-state index in [1.54, 1.807) is 19.1 Å². The van der Waals surface area contributed by atoms with E-state index >= 15 is 0 Å². The van der Waals surface area contributed by atoms with Crippen LogP contribution in [0.1, 0.15) is 31.9 Å². The van der Waals surface area contributed by atoms with Gasteiger partial charge in [0.2, 0.25) is 0 Å². The summed E-state index contributed by atoms with van der Waals surface area (Å²) in [4.78, 5) is 20.0. The third kappa shape index (κ3) is 8.73. The molecule has 0 aliphatic carbocycles. The molecule has 0 aromatic heterocycles. The summed E-state index contributed by atoms with van der Waals surface area (Å²) in [7, 11) is 0. The summed E-state index contributed by atoms with van der Waals surface area (Å²) < 4.78 is 17.4. The van der Waals surface area contributed by atoms with Crippen LogP contribution in [0.4, 0.5) is 4.39 Å². The average molecular weight is 271 g/mol. The van der Waals surface area contributed by atoms with E-state index in [1.807, 2.05) is 0 Å². The molecule has 1 rings (SSSR count). The molecule has 0 saturated carbocycles. The molecule has 6 heteroatoms. The average Bonchev–Trinajstić information content (AvgIpc) is 2.29. The van der Waals surface area contributed by atoms with Crippen LogP contribution in [0, 0.1) is 5.82 Å². The number of rotatable bonds is 4. The quantitative estimate of drug-likeness (QED) is 0.768. The van der Waals surface area contributed by atoms with Crippen LogP contribution in [0.2, 0.25) is 0 Å². The maximum Gasteiger partial charge on any atom is 0.312 e. The van der Waals surface area contributed by atoms with E-state index in [1.165, 1.54) is 12.1 Å². The molecule has 0 bridgehead atoms. The van der Waals surface area contributed by atoms with E-state index in [4.69, 9.17) is 14.6 Å². The molecule has 1 atom stereocenters. The number of aliphatic carboxylic acids is 1. The van der Waals surface area contributed by atoms with E-state index in [2.05, 4.69) is 5.73 Å². The molecule has 1 aromatic carbocycles. The van der Waals surface area contributed by atoms with Crippen molar-refractivity contribution in [2.75, 3.05) is 6.61 Å². The van der Waals surface area contributed by atoms with Crippen molar-refractivity contribution in [1.82, 2.24) is 0 Å². The van der Waals surface area contributed by atoms with Crippen molar-refractivity contribution >= 4 is 11.9 Å². The highest BCUT2D eigenvalue weighted by atomic mass is 19.1. The zero-order valence-corrected chi connectivity index (χ0v) is 11.0. The molecular weight excluding hydrogens is 253 g/mol. The van der Waals surface area contributed by atoms with Crippen LogP contribution in [0.25, 0.3) is 0 Å². The molecule has 0 aliphatic rings. The number of esters is 1. The Balaban J connectivity index is 0.000000711. The van der Waals surface area contributed by atoms with E-state index in [-0.39, 0.29) is 24.2 Å². The molecule has 3 N–H and O–H groups in total. The number of carboxylic acid groups (broad SMARTS) is 1. The minimum atomic E-state index is -1.08. The molecule has 0 aliphatic heterocycles. The maximum absolute atomic E-state index is 12.6. The zero-order chi connectivity index (χ0) is 14.8. The standard InChI is InChI=1S/C11H14FNO2.C2H4O2/c1-2-15-11(14)7-10(13)8-3-5-9(12)6-4-8;1-2(3)4/h3-6,10H,2,7,13H2,1H3;1H3,(H,3,4)/t10-;/m0./s1. The summed E-state index contributed by atoms with van der Waals surface area (Å²) in [6, 6.07) is 5.79. The van der Waals surface area contributed by atoms with Crippen molar-refractivity contribution in [3.63, 3.8) is 0 Å². The van der Waals surface area contributed by atoms with E-state index in [0.29, 0.717) is 6.61 Å². The molecule has 0 radical (unpaired) electrons. The van der Waals surface area contributed by atoms with Crippen molar-refractivity contribution < 1.29 is 29.6 Å². The lowest BCUT2D eigenvalue weighted by molar-refractivity contribution is -0.425. The van der Waals surface area contributed by atoms with Crippen molar-refractivity contribution in [2.45, 2.75) is 26.3 Å². The lowest BCUT2D eigenvalue weighted by atomic mass is 10.1. The van der Waals surface area contributed by atoms with Crippen molar-refractivity contribution in [3.8, 4) is 0 Å². The van der Waals surface area contributed by atoms with Gasteiger partial charge in [-0.25, -0.2) is 4.39 Å². The molecule has 0 saturated heterocycles. The fraction of sp³-hybridized carbons (Fsp3) is 0.385. The van der Waals surface area contributed by atoms with Gasteiger partial charge in [0.1, 0.15) is 18.3 Å². The minimum absolute atomic E-state index is 0.190. The van der Waals surface area contributed by atoms with Gasteiger partial charge in [-0.3, -0.25) is 4.79 Å². The van der Waals surface area contributed by atoms with Gasteiger partial charge in [-0.15, -0.1) is 0 Å². The molecule has 19 heavy (non-hydrogen) atoms.